The predicted molar refractivity (Wildman–Crippen MR) is 166 cm³/mol. The SMILES string of the molecule is Cc1cc(-c2ccc(Cl)c(Sc3ncccc3CO)c2CNC(=O)OCC2c3ccccc3-c3ccccc32)ccn1. The van der Waals surface area contributed by atoms with Crippen LogP contribution in [-0.2, 0) is 17.9 Å². The normalized spacial score (nSPS) is 12.1. The first-order valence-corrected chi connectivity index (χ1v) is 14.8. The highest BCUT2D eigenvalue weighted by atomic mass is 35.5. The van der Waals surface area contributed by atoms with Crippen LogP contribution in [0.25, 0.3) is 22.3 Å². The number of benzene rings is 3. The average Bonchev–Trinajstić information content (AvgIpc) is 3.34. The minimum absolute atomic E-state index is 0.0307. The van der Waals surface area contributed by atoms with E-state index in [2.05, 4.69) is 39.6 Å². The van der Waals surface area contributed by atoms with Crippen molar-refractivity contribution in [3.8, 4) is 22.3 Å². The van der Waals surface area contributed by atoms with E-state index in [4.69, 9.17) is 16.3 Å². The summed E-state index contributed by atoms with van der Waals surface area (Å²) in [5.41, 5.74) is 8.92. The third-order valence-corrected chi connectivity index (χ3v) is 9.05. The largest absolute Gasteiger partial charge is 0.449 e. The molecule has 8 heteroatoms. The lowest BCUT2D eigenvalue weighted by atomic mass is 9.98. The van der Waals surface area contributed by atoms with Crippen LogP contribution < -0.4 is 5.32 Å². The van der Waals surface area contributed by atoms with Crippen LogP contribution in [-0.4, -0.2) is 27.8 Å². The van der Waals surface area contributed by atoms with E-state index in [-0.39, 0.29) is 25.7 Å². The molecule has 0 fully saturated rings. The van der Waals surface area contributed by atoms with Crippen molar-refractivity contribution in [1.29, 1.82) is 0 Å². The fourth-order valence-corrected chi connectivity index (χ4v) is 6.75. The number of nitrogens with one attached hydrogen (secondary N) is 1. The summed E-state index contributed by atoms with van der Waals surface area (Å²) in [6.45, 7) is 2.19. The number of aryl methyl sites for hydroxylation is 1. The molecule has 0 saturated heterocycles. The number of ether oxygens (including phenoxy) is 1. The van der Waals surface area contributed by atoms with E-state index in [9.17, 15) is 9.90 Å². The van der Waals surface area contributed by atoms with Gasteiger partial charge in [-0.25, -0.2) is 9.78 Å². The van der Waals surface area contributed by atoms with Gasteiger partial charge in [-0.1, -0.05) is 84.0 Å². The lowest BCUT2D eigenvalue weighted by Crippen LogP contribution is -2.26. The Morgan fingerprint density at radius 2 is 1.67 bits per heavy atom. The molecule has 6 rings (SSSR count). The summed E-state index contributed by atoms with van der Waals surface area (Å²) in [5, 5.41) is 14.0. The third-order valence-electron chi connectivity index (χ3n) is 7.39. The molecule has 1 amide bonds. The zero-order valence-corrected chi connectivity index (χ0v) is 24.5. The van der Waals surface area contributed by atoms with Crippen molar-refractivity contribution in [3.05, 3.63) is 130 Å². The Balaban J connectivity index is 1.26. The third kappa shape index (κ3) is 5.63. The number of aliphatic hydroxyl groups excluding tert-OH is 1. The molecule has 210 valence electrons. The predicted octanol–water partition coefficient (Wildman–Crippen LogP) is 7.79. The lowest BCUT2D eigenvalue weighted by molar-refractivity contribution is 0.142. The smallest absolute Gasteiger partial charge is 0.407 e. The van der Waals surface area contributed by atoms with Crippen molar-refractivity contribution in [3.63, 3.8) is 0 Å². The van der Waals surface area contributed by atoms with Gasteiger partial charge in [-0.3, -0.25) is 4.98 Å². The summed E-state index contributed by atoms with van der Waals surface area (Å²) < 4.78 is 5.81. The molecule has 1 aliphatic carbocycles. The van der Waals surface area contributed by atoms with Gasteiger partial charge in [0, 0.05) is 41.0 Å². The van der Waals surface area contributed by atoms with Crippen molar-refractivity contribution in [2.75, 3.05) is 6.61 Å². The number of alkyl carbamates (subject to hydrolysis) is 1. The fraction of sp³-hybridized carbons (Fsp3) is 0.147. The molecule has 1 aliphatic rings. The number of rotatable bonds is 8. The zero-order valence-electron chi connectivity index (χ0n) is 22.9. The molecule has 0 atom stereocenters. The minimum Gasteiger partial charge on any atom is -0.449 e. The summed E-state index contributed by atoms with van der Waals surface area (Å²) >= 11 is 8.12. The number of carbonyl (C=O) groups excluding carboxylic acids is 1. The highest BCUT2D eigenvalue weighted by Crippen LogP contribution is 2.45. The monoisotopic (exact) mass is 593 g/mol. The van der Waals surface area contributed by atoms with Gasteiger partial charge >= 0.3 is 6.09 Å². The molecule has 3 aromatic carbocycles. The maximum atomic E-state index is 13.1. The van der Waals surface area contributed by atoms with Crippen LogP contribution in [0, 0.1) is 6.92 Å². The zero-order chi connectivity index (χ0) is 29.1. The number of hydrogen-bond acceptors (Lipinski definition) is 6. The van der Waals surface area contributed by atoms with Gasteiger partial charge in [0.05, 0.1) is 11.6 Å². The number of carbonyl (C=O) groups is 1. The number of aromatic nitrogens is 2. The van der Waals surface area contributed by atoms with Crippen LogP contribution in [0.4, 0.5) is 4.79 Å². The van der Waals surface area contributed by atoms with Gasteiger partial charge in [-0.2, -0.15) is 0 Å². The summed E-state index contributed by atoms with van der Waals surface area (Å²) in [4.78, 5) is 22.7. The number of fused-ring (bicyclic) bond motifs is 3. The van der Waals surface area contributed by atoms with Gasteiger partial charge in [0.25, 0.3) is 0 Å². The molecule has 2 N–H and O–H groups in total. The summed E-state index contributed by atoms with van der Waals surface area (Å²) in [6, 6.07) is 27.8. The second-order valence-corrected chi connectivity index (χ2v) is 11.4. The summed E-state index contributed by atoms with van der Waals surface area (Å²) in [5.74, 6) is -0.0307. The van der Waals surface area contributed by atoms with Gasteiger partial charge in [-0.05, 0) is 70.1 Å². The summed E-state index contributed by atoms with van der Waals surface area (Å²) in [6.07, 6.45) is 2.93. The second-order valence-electron chi connectivity index (χ2n) is 10.00. The van der Waals surface area contributed by atoms with E-state index in [1.54, 1.807) is 18.5 Å². The molecule has 0 bridgehead atoms. The average molecular weight is 594 g/mol. The lowest BCUT2D eigenvalue weighted by Gasteiger charge is -2.19. The Hall–Kier alpha value is -4.17. The molecular weight excluding hydrogens is 566 g/mol. The van der Waals surface area contributed by atoms with E-state index < -0.39 is 6.09 Å². The van der Waals surface area contributed by atoms with E-state index in [1.807, 2.05) is 61.5 Å². The Morgan fingerprint density at radius 1 is 0.929 bits per heavy atom. The number of amides is 1. The first kappa shape index (κ1) is 28.0. The molecule has 42 heavy (non-hydrogen) atoms. The van der Waals surface area contributed by atoms with Crippen LogP contribution in [0.3, 0.4) is 0 Å². The van der Waals surface area contributed by atoms with E-state index in [0.29, 0.717) is 15.6 Å². The van der Waals surface area contributed by atoms with Crippen molar-refractivity contribution in [1.82, 2.24) is 15.3 Å². The molecule has 5 aromatic rings. The quantitative estimate of drug-likeness (QED) is 0.191. The topological polar surface area (TPSA) is 84.3 Å². The second kappa shape index (κ2) is 12.4. The van der Waals surface area contributed by atoms with Gasteiger partial charge < -0.3 is 15.2 Å². The molecule has 2 aromatic heterocycles. The molecule has 0 aliphatic heterocycles. The number of hydrogen-bond donors (Lipinski definition) is 2. The molecular formula is C34H28ClN3O3S. The molecule has 6 nitrogen and oxygen atoms in total. The first-order valence-electron chi connectivity index (χ1n) is 13.6. The Morgan fingerprint density at radius 3 is 2.38 bits per heavy atom. The number of nitrogens with zero attached hydrogens (tertiary/aromatic N) is 2. The van der Waals surface area contributed by atoms with E-state index in [1.165, 1.54) is 22.9 Å². The fourth-order valence-electron chi connectivity index (χ4n) is 5.41. The molecule has 0 saturated carbocycles. The highest BCUT2D eigenvalue weighted by Gasteiger charge is 2.29. The van der Waals surface area contributed by atoms with Crippen molar-refractivity contribution >= 4 is 29.5 Å². The van der Waals surface area contributed by atoms with E-state index in [0.717, 1.165) is 38.4 Å². The molecule has 0 radical (unpaired) electrons. The van der Waals surface area contributed by atoms with Crippen molar-refractivity contribution < 1.29 is 14.6 Å². The van der Waals surface area contributed by atoms with Crippen LogP contribution in [0.2, 0.25) is 5.02 Å². The maximum absolute atomic E-state index is 13.1. The highest BCUT2D eigenvalue weighted by molar-refractivity contribution is 7.99. The number of halogens is 1. The number of pyridine rings is 2. The summed E-state index contributed by atoms with van der Waals surface area (Å²) in [7, 11) is 0. The van der Waals surface area contributed by atoms with Gasteiger partial charge in [0.2, 0.25) is 0 Å². The molecule has 2 heterocycles. The van der Waals surface area contributed by atoms with Crippen molar-refractivity contribution in [2.24, 2.45) is 0 Å². The molecule has 0 spiro atoms. The Kier molecular flexibility index (Phi) is 8.24. The van der Waals surface area contributed by atoms with E-state index >= 15 is 0 Å². The molecule has 0 unspecified atom stereocenters. The minimum atomic E-state index is -0.515. The maximum Gasteiger partial charge on any atom is 0.407 e. The van der Waals surface area contributed by atoms with Crippen LogP contribution in [0.15, 0.2) is 107 Å². The van der Waals surface area contributed by atoms with Gasteiger partial charge in [0.1, 0.15) is 11.6 Å². The Labute approximate surface area is 253 Å². The van der Waals surface area contributed by atoms with Crippen LogP contribution in [0.5, 0.6) is 0 Å². The van der Waals surface area contributed by atoms with Crippen molar-refractivity contribution in [2.45, 2.75) is 35.9 Å². The first-order chi connectivity index (χ1) is 20.5. The van der Waals surface area contributed by atoms with Crippen LogP contribution >= 0.6 is 23.4 Å². The van der Waals surface area contributed by atoms with Gasteiger partial charge in [-0.15, -0.1) is 0 Å². The Bertz CT molecular complexity index is 1730. The van der Waals surface area contributed by atoms with Crippen LogP contribution in [0.1, 0.15) is 33.9 Å². The number of aliphatic hydroxyl groups is 1. The standard InChI is InChI=1S/C34H28ClN3O3S/c1-21-17-22(14-16-36-21)24-12-13-31(35)32(42-33-23(19-39)7-6-15-37-33)29(24)18-38-34(40)41-20-30-27-10-4-2-8-25(27)26-9-3-5-11-28(26)30/h2-17,30,39H,18-20H2,1H3,(H,38,40). The van der Waals surface area contributed by atoms with Gasteiger partial charge in [0.15, 0.2) is 0 Å².